The van der Waals surface area contributed by atoms with E-state index in [4.69, 9.17) is 0 Å². The zero-order chi connectivity index (χ0) is 14.1. The van der Waals surface area contributed by atoms with Gasteiger partial charge in [0, 0.05) is 12.6 Å². The maximum atomic E-state index is 12.2. The number of carbonyl (C=O) groups is 1. The monoisotopic (exact) mass is 265 g/mol. The number of fused-ring (bicyclic) bond motifs is 1. The third kappa shape index (κ3) is 2.02. The number of hydrogen-bond acceptors (Lipinski definition) is 2. The van der Waals surface area contributed by atoms with Gasteiger partial charge < -0.3 is 10.0 Å². The highest BCUT2D eigenvalue weighted by atomic mass is 16.3. The lowest BCUT2D eigenvalue weighted by atomic mass is 10.0. The molecule has 0 spiro atoms. The van der Waals surface area contributed by atoms with E-state index in [1.54, 1.807) is 13.1 Å². The van der Waals surface area contributed by atoms with Crippen LogP contribution in [0.15, 0.2) is 48.5 Å². The lowest BCUT2D eigenvalue weighted by Gasteiger charge is -2.13. The zero-order valence-electron chi connectivity index (χ0n) is 11.2. The van der Waals surface area contributed by atoms with Gasteiger partial charge in [-0.1, -0.05) is 60.7 Å². The van der Waals surface area contributed by atoms with E-state index in [1.165, 1.54) is 4.90 Å². The molecule has 0 saturated heterocycles. The summed E-state index contributed by atoms with van der Waals surface area (Å²) in [6.07, 6.45) is 3.04. The summed E-state index contributed by atoms with van der Waals surface area (Å²) in [6, 6.07) is 15.5. The van der Waals surface area contributed by atoms with E-state index >= 15 is 0 Å². The molecule has 1 atom stereocenters. The Morgan fingerprint density at radius 2 is 1.80 bits per heavy atom. The molecule has 0 aliphatic carbocycles. The maximum absolute atomic E-state index is 12.2. The van der Waals surface area contributed by atoms with Crippen molar-refractivity contribution in [1.82, 2.24) is 4.90 Å². The molecule has 1 aliphatic heterocycles. The van der Waals surface area contributed by atoms with Crippen LogP contribution in [0.3, 0.4) is 0 Å². The van der Waals surface area contributed by atoms with Crippen molar-refractivity contribution in [3.05, 3.63) is 70.8 Å². The molecule has 3 rings (SSSR count). The first kappa shape index (κ1) is 12.6. The van der Waals surface area contributed by atoms with Crippen molar-refractivity contribution in [1.29, 1.82) is 0 Å². The molecule has 3 nitrogen and oxygen atoms in total. The van der Waals surface area contributed by atoms with Gasteiger partial charge >= 0.3 is 0 Å². The minimum Gasteiger partial charge on any atom is -0.369 e. The van der Waals surface area contributed by atoms with Crippen LogP contribution in [0, 0.1) is 0 Å². The molecule has 1 N–H and O–H groups in total. The summed E-state index contributed by atoms with van der Waals surface area (Å²) in [4.78, 5) is 13.5. The minimum absolute atomic E-state index is 0.138. The number of benzene rings is 2. The van der Waals surface area contributed by atoms with Crippen molar-refractivity contribution in [2.75, 3.05) is 7.05 Å². The highest BCUT2D eigenvalue weighted by Gasteiger charge is 2.33. The van der Waals surface area contributed by atoms with Crippen LogP contribution in [-0.2, 0) is 0 Å². The molecule has 1 heterocycles. The molecule has 2 aromatic carbocycles. The molecule has 1 amide bonds. The van der Waals surface area contributed by atoms with Crippen molar-refractivity contribution in [3.8, 4) is 0 Å². The van der Waals surface area contributed by atoms with Crippen LogP contribution in [0.25, 0.3) is 12.2 Å². The van der Waals surface area contributed by atoms with Gasteiger partial charge in [-0.25, -0.2) is 0 Å². The second kappa shape index (κ2) is 4.94. The van der Waals surface area contributed by atoms with Crippen LogP contribution in [0.5, 0.6) is 0 Å². The Bertz CT molecular complexity index is 677. The van der Waals surface area contributed by atoms with Crippen LogP contribution in [0.1, 0.15) is 33.3 Å². The fourth-order valence-corrected chi connectivity index (χ4v) is 2.44. The average Bonchev–Trinajstić information content (AvgIpc) is 2.72. The first-order valence-electron chi connectivity index (χ1n) is 6.50. The minimum atomic E-state index is -0.845. The van der Waals surface area contributed by atoms with Crippen molar-refractivity contribution < 1.29 is 9.90 Å². The van der Waals surface area contributed by atoms with Gasteiger partial charge in [-0.2, -0.15) is 0 Å². The van der Waals surface area contributed by atoms with Crippen molar-refractivity contribution >= 4 is 18.1 Å². The molecule has 0 fully saturated rings. The Balaban J connectivity index is 2.01. The number of nitrogens with zero attached hydrogens (tertiary/aromatic N) is 1. The largest absolute Gasteiger partial charge is 0.369 e. The molecule has 20 heavy (non-hydrogen) atoms. The molecule has 1 unspecified atom stereocenters. The highest BCUT2D eigenvalue weighted by molar-refractivity contribution is 6.02. The summed E-state index contributed by atoms with van der Waals surface area (Å²) in [7, 11) is 1.61. The summed E-state index contributed by atoms with van der Waals surface area (Å²) < 4.78 is 0. The standard InChI is InChI=1S/C17H15NO2/c1-18-16(19)14-9-5-8-13(15(14)17(18)20)11-10-12-6-3-2-4-7-12/h2-11,16,19H,1H3/b11-10+. The van der Waals surface area contributed by atoms with Gasteiger partial charge in [-0.3, -0.25) is 4.79 Å². The number of carbonyl (C=O) groups excluding carboxylic acids is 1. The molecule has 0 saturated carbocycles. The summed E-state index contributed by atoms with van der Waals surface area (Å²) in [5.41, 5.74) is 3.17. The number of aliphatic hydroxyl groups is 1. The highest BCUT2D eigenvalue weighted by Crippen LogP contribution is 2.33. The lowest BCUT2D eigenvalue weighted by Crippen LogP contribution is -2.22. The molecule has 3 heteroatoms. The van der Waals surface area contributed by atoms with Crippen LogP contribution in [-0.4, -0.2) is 23.0 Å². The molecule has 2 aromatic rings. The van der Waals surface area contributed by atoms with E-state index in [2.05, 4.69) is 0 Å². The van der Waals surface area contributed by atoms with Crippen LogP contribution in [0.2, 0.25) is 0 Å². The molecule has 0 bridgehead atoms. The predicted octanol–water partition coefficient (Wildman–Crippen LogP) is 2.93. The fourth-order valence-electron chi connectivity index (χ4n) is 2.44. The Morgan fingerprint density at radius 1 is 1.05 bits per heavy atom. The predicted molar refractivity (Wildman–Crippen MR) is 78.9 cm³/mol. The smallest absolute Gasteiger partial charge is 0.256 e. The Kier molecular flexibility index (Phi) is 3.12. The van der Waals surface area contributed by atoms with E-state index in [1.807, 2.05) is 54.6 Å². The van der Waals surface area contributed by atoms with Crippen LogP contribution >= 0.6 is 0 Å². The number of aliphatic hydroxyl groups excluding tert-OH is 1. The van der Waals surface area contributed by atoms with E-state index < -0.39 is 6.23 Å². The molecule has 100 valence electrons. The summed E-state index contributed by atoms with van der Waals surface area (Å²) in [6.45, 7) is 0. The van der Waals surface area contributed by atoms with Crippen molar-refractivity contribution in [2.45, 2.75) is 6.23 Å². The van der Waals surface area contributed by atoms with E-state index in [-0.39, 0.29) is 5.91 Å². The van der Waals surface area contributed by atoms with Gasteiger partial charge in [0.05, 0.1) is 5.56 Å². The number of hydrogen-bond donors (Lipinski definition) is 1. The summed E-state index contributed by atoms with van der Waals surface area (Å²) in [5.74, 6) is -0.138. The average molecular weight is 265 g/mol. The van der Waals surface area contributed by atoms with Crippen molar-refractivity contribution in [2.24, 2.45) is 0 Å². The molecule has 0 radical (unpaired) electrons. The summed E-state index contributed by atoms with van der Waals surface area (Å²) >= 11 is 0. The molecular formula is C17H15NO2. The van der Waals surface area contributed by atoms with Crippen LogP contribution < -0.4 is 0 Å². The fraction of sp³-hybridized carbons (Fsp3) is 0.118. The Hall–Kier alpha value is -2.39. The second-order valence-electron chi connectivity index (χ2n) is 4.85. The van der Waals surface area contributed by atoms with Gasteiger partial charge in [0.2, 0.25) is 0 Å². The third-order valence-electron chi connectivity index (χ3n) is 3.56. The first-order chi connectivity index (χ1) is 9.68. The lowest BCUT2D eigenvalue weighted by molar-refractivity contribution is 0.0301. The van der Waals surface area contributed by atoms with Crippen LogP contribution in [0.4, 0.5) is 0 Å². The number of rotatable bonds is 2. The second-order valence-corrected chi connectivity index (χ2v) is 4.85. The topological polar surface area (TPSA) is 40.5 Å². The van der Waals surface area contributed by atoms with E-state index in [0.29, 0.717) is 11.1 Å². The first-order valence-corrected chi connectivity index (χ1v) is 6.50. The normalized spacial score (nSPS) is 17.8. The Labute approximate surface area is 117 Å². The summed E-state index contributed by atoms with van der Waals surface area (Å²) in [5, 5.41) is 10.0. The maximum Gasteiger partial charge on any atom is 0.256 e. The zero-order valence-corrected chi connectivity index (χ0v) is 11.2. The third-order valence-corrected chi connectivity index (χ3v) is 3.56. The Morgan fingerprint density at radius 3 is 2.55 bits per heavy atom. The van der Waals surface area contributed by atoms with E-state index in [9.17, 15) is 9.90 Å². The molecular weight excluding hydrogens is 250 g/mol. The van der Waals surface area contributed by atoms with Gasteiger partial charge in [0.25, 0.3) is 5.91 Å². The molecule has 1 aliphatic rings. The SMILES string of the molecule is CN1C(=O)c2c(/C=C/c3ccccc3)cccc2C1O. The van der Waals surface area contributed by atoms with Crippen molar-refractivity contribution in [3.63, 3.8) is 0 Å². The number of amides is 1. The van der Waals surface area contributed by atoms with E-state index in [0.717, 1.165) is 11.1 Å². The molecule has 0 aromatic heterocycles. The van der Waals surface area contributed by atoms with Gasteiger partial charge in [0.1, 0.15) is 0 Å². The van der Waals surface area contributed by atoms with Gasteiger partial charge in [-0.05, 0) is 11.1 Å². The van der Waals surface area contributed by atoms with Gasteiger partial charge in [-0.15, -0.1) is 0 Å². The van der Waals surface area contributed by atoms with Gasteiger partial charge in [0.15, 0.2) is 6.23 Å². The quantitative estimate of drug-likeness (QED) is 0.848.